The van der Waals surface area contributed by atoms with Gasteiger partial charge in [0.25, 0.3) is 5.91 Å². The smallest absolute Gasteiger partial charge is 0.343 e. The van der Waals surface area contributed by atoms with Crippen molar-refractivity contribution in [3.63, 3.8) is 0 Å². The number of benzene rings is 3. The van der Waals surface area contributed by atoms with Gasteiger partial charge < -0.3 is 14.4 Å². The third-order valence-electron chi connectivity index (χ3n) is 7.46. The molecular formula is C32H29N3O5S. The zero-order valence-corrected chi connectivity index (χ0v) is 23.5. The Morgan fingerprint density at radius 3 is 2.44 bits per heavy atom. The van der Waals surface area contributed by atoms with Crippen LogP contribution >= 0.6 is 11.8 Å². The first-order chi connectivity index (χ1) is 20.0. The highest BCUT2D eigenvalue weighted by Gasteiger charge is 2.40. The molecule has 2 atom stereocenters. The number of pyridine rings is 1. The summed E-state index contributed by atoms with van der Waals surface area (Å²) in [5, 5.41) is 2.06. The SMILES string of the molecule is COC[C@H](C)N1CN(C2c3ccccc3CSc3ccccc32)n2ccc(=O)c(OC(=O)c3ccccc3)c2C1=O. The Kier molecular flexibility index (Phi) is 7.38. The van der Waals surface area contributed by atoms with Crippen molar-refractivity contribution in [1.29, 1.82) is 0 Å². The number of hydrogen-bond acceptors (Lipinski definition) is 7. The number of rotatable bonds is 6. The Morgan fingerprint density at radius 2 is 1.66 bits per heavy atom. The largest absolute Gasteiger partial charge is 0.416 e. The molecule has 0 fully saturated rings. The molecule has 0 aliphatic carbocycles. The summed E-state index contributed by atoms with van der Waals surface area (Å²) in [4.78, 5) is 43.2. The summed E-state index contributed by atoms with van der Waals surface area (Å²) in [5.74, 6) is -0.615. The number of amides is 1. The fourth-order valence-corrected chi connectivity index (χ4v) is 6.55. The van der Waals surface area contributed by atoms with E-state index in [9.17, 15) is 14.4 Å². The molecule has 3 aromatic carbocycles. The lowest BCUT2D eigenvalue weighted by molar-refractivity contribution is 0.0467. The van der Waals surface area contributed by atoms with Gasteiger partial charge in [-0.1, -0.05) is 60.7 Å². The Hall–Kier alpha value is -4.34. The quantitative estimate of drug-likeness (QED) is 0.308. The Labute approximate surface area is 242 Å². The van der Waals surface area contributed by atoms with E-state index < -0.39 is 17.3 Å². The topological polar surface area (TPSA) is 81.1 Å². The molecule has 0 spiro atoms. The molecule has 0 N–H and O–H groups in total. The molecule has 6 rings (SSSR count). The predicted molar refractivity (Wildman–Crippen MR) is 157 cm³/mol. The van der Waals surface area contributed by atoms with Crippen LogP contribution in [0.4, 0.5) is 0 Å². The number of fused-ring (bicyclic) bond motifs is 3. The van der Waals surface area contributed by atoms with Crippen LogP contribution in [0.5, 0.6) is 5.75 Å². The van der Waals surface area contributed by atoms with Crippen LogP contribution in [0.25, 0.3) is 0 Å². The first-order valence-electron chi connectivity index (χ1n) is 13.4. The van der Waals surface area contributed by atoms with Crippen molar-refractivity contribution in [3.05, 3.63) is 129 Å². The molecule has 1 aromatic heterocycles. The molecule has 2 aliphatic heterocycles. The van der Waals surface area contributed by atoms with Gasteiger partial charge in [-0.05, 0) is 41.8 Å². The van der Waals surface area contributed by atoms with Gasteiger partial charge in [0.2, 0.25) is 11.2 Å². The van der Waals surface area contributed by atoms with E-state index in [0.29, 0.717) is 6.61 Å². The van der Waals surface area contributed by atoms with Gasteiger partial charge in [0.05, 0.1) is 24.3 Å². The maximum absolute atomic E-state index is 14.1. The van der Waals surface area contributed by atoms with Crippen molar-refractivity contribution in [2.45, 2.75) is 29.7 Å². The predicted octanol–water partition coefficient (Wildman–Crippen LogP) is 4.85. The second-order valence-electron chi connectivity index (χ2n) is 10.0. The number of carbonyl (C=O) groups is 2. The third-order valence-corrected chi connectivity index (χ3v) is 8.60. The Bertz CT molecular complexity index is 1620. The van der Waals surface area contributed by atoms with E-state index in [1.165, 1.54) is 11.6 Å². The molecule has 208 valence electrons. The lowest BCUT2D eigenvalue weighted by Crippen LogP contribution is -2.58. The van der Waals surface area contributed by atoms with E-state index in [-0.39, 0.29) is 35.8 Å². The lowest BCUT2D eigenvalue weighted by Gasteiger charge is -2.46. The van der Waals surface area contributed by atoms with E-state index in [1.54, 1.807) is 65.0 Å². The fraction of sp³-hybridized carbons (Fsp3) is 0.219. The molecule has 41 heavy (non-hydrogen) atoms. The average Bonchev–Trinajstić information content (AvgIpc) is 3.16. The lowest BCUT2D eigenvalue weighted by atomic mass is 9.94. The van der Waals surface area contributed by atoms with Gasteiger partial charge in [0.15, 0.2) is 5.69 Å². The fourth-order valence-electron chi connectivity index (χ4n) is 5.46. The number of hydrogen-bond donors (Lipinski definition) is 0. The van der Waals surface area contributed by atoms with Gasteiger partial charge in [-0.25, -0.2) is 4.79 Å². The first-order valence-corrected chi connectivity index (χ1v) is 14.4. The van der Waals surface area contributed by atoms with Gasteiger partial charge in [-0.3, -0.25) is 19.3 Å². The molecule has 9 heteroatoms. The van der Waals surface area contributed by atoms with Gasteiger partial charge in [0, 0.05) is 30.0 Å². The van der Waals surface area contributed by atoms with E-state index in [2.05, 4.69) is 29.3 Å². The van der Waals surface area contributed by atoms with E-state index >= 15 is 0 Å². The summed E-state index contributed by atoms with van der Waals surface area (Å²) in [7, 11) is 1.59. The molecular weight excluding hydrogens is 538 g/mol. The number of ether oxygens (including phenoxy) is 2. The molecule has 0 bridgehead atoms. The van der Waals surface area contributed by atoms with E-state index in [1.807, 2.05) is 31.2 Å². The van der Waals surface area contributed by atoms with Crippen LogP contribution in [0.3, 0.4) is 0 Å². The summed E-state index contributed by atoms with van der Waals surface area (Å²) in [6, 6.07) is 25.7. The molecule has 8 nitrogen and oxygen atoms in total. The van der Waals surface area contributed by atoms with Crippen molar-refractivity contribution >= 4 is 23.6 Å². The minimum absolute atomic E-state index is 0.00264. The molecule has 1 unspecified atom stereocenters. The number of methoxy groups -OCH3 is 1. The Balaban J connectivity index is 1.56. The third kappa shape index (κ3) is 4.92. The number of aromatic nitrogens is 1. The van der Waals surface area contributed by atoms with Crippen molar-refractivity contribution in [3.8, 4) is 5.75 Å². The zero-order valence-electron chi connectivity index (χ0n) is 22.7. The van der Waals surface area contributed by atoms with Crippen LogP contribution in [0.1, 0.15) is 50.5 Å². The Morgan fingerprint density at radius 1 is 0.951 bits per heavy atom. The molecule has 0 saturated carbocycles. The van der Waals surface area contributed by atoms with Crippen LogP contribution in [0, 0.1) is 0 Å². The molecule has 3 heterocycles. The highest BCUT2D eigenvalue weighted by atomic mass is 32.2. The van der Waals surface area contributed by atoms with Crippen molar-refractivity contribution in [1.82, 2.24) is 9.58 Å². The highest BCUT2D eigenvalue weighted by molar-refractivity contribution is 7.98. The number of carbonyl (C=O) groups excluding carboxylic acids is 2. The molecule has 2 aliphatic rings. The second-order valence-corrected chi connectivity index (χ2v) is 11.1. The summed E-state index contributed by atoms with van der Waals surface area (Å²) in [5.41, 5.74) is 3.11. The van der Waals surface area contributed by atoms with Crippen LogP contribution in [0.15, 0.2) is 101 Å². The van der Waals surface area contributed by atoms with Crippen molar-refractivity contribution in [2.24, 2.45) is 0 Å². The maximum Gasteiger partial charge on any atom is 0.343 e. The van der Waals surface area contributed by atoms with Gasteiger partial charge in [-0.15, -0.1) is 11.8 Å². The minimum Gasteiger partial charge on any atom is -0.416 e. The summed E-state index contributed by atoms with van der Waals surface area (Å²) < 4.78 is 12.8. The summed E-state index contributed by atoms with van der Waals surface area (Å²) in [6.45, 7) is 2.42. The standard InChI is InChI=1S/C32H29N3O5S/c1-21(18-39-2)33-20-35(28-24-13-7-6-12-23(24)19-41-27-15-9-8-14-25(27)28)34-17-16-26(36)30(29(34)31(33)37)40-32(38)22-10-4-3-5-11-22/h3-17,21,28H,18-20H2,1-2H3/t21-,28?/m0/s1. The second kappa shape index (κ2) is 11.3. The monoisotopic (exact) mass is 567 g/mol. The molecule has 0 saturated heterocycles. The van der Waals surface area contributed by atoms with Crippen LogP contribution in [-0.2, 0) is 10.5 Å². The van der Waals surface area contributed by atoms with Gasteiger partial charge in [0.1, 0.15) is 6.67 Å². The molecule has 0 radical (unpaired) electrons. The highest BCUT2D eigenvalue weighted by Crippen LogP contribution is 2.43. The first kappa shape index (κ1) is 26.9. The normalized spacial score (nSPS) is 16.7. The van der Waals surface area contributed by atoms with Crippen molar-refractivity contribution < 1.29 is 19.1 Å². The summed E-state index contributed by atoms with van der Waals surface area (Å²) in [6.07, 6.45) is 1.59. The van der Waals surface area contributed by atoms with E-state index in [4.69, 9.17) is 9.47 Å². The van der Waals surface area contributed by atoms with Crippen LogP contribution in [-0.4, -0.2) is 47.9 Å². The minimum atomic E-state index is -0.709. The van der Waals surface area contributed by atoms with E-state index in [0.717, 1.165) is 21.8 Å². The maximum atomic E-state index is 14.1. The number of nitrogens with zero attached hydrogens (tertiary/aromatic N) is 3. The van der Waals surface area contributed by atoms with Crippen LogP contribution in [0.2, 0.25) is 0 Å². The average molecular weight is 568 g/mol. The van der Waals surface area contributed by atoms with Gasteiger partial charge >= 0.3 is 5.97 Å². The number of thioether (sulfide) groups is 1. The summed E-state index contributed by atoms with van der Waals surface area (Å²) >= 11 is 1.77. The molecule has 1 amide bonds. The zero-order chi connectivity index (χ0) is 28.5. The van der Waals surface area contributed by atoms with Crippen LogP contribution < -0.4 is 15.2 Å². The van der Waals surface area contributed by atoms with Gasteiger partial charge in [-0.2, -0.15) is 0 Å². The van der Waals surface area contributed by atoms with Crippen molar-refractivity contribution in [2.75, 3.05) is 25.4 Å². The molecule has 4 aromatic rings. The number of esters is 1.